The fourth-order valence-electron chi connectivity index (χ4n) is 3.29. The Kier molecular flexibility index (Phi) is 3.37. The molecule has 0 aliphatic carbocycles. The molecule has 1 unspecified atom stereocenters. The topological polar surface area (TPSA) is 51.8 Å². The van der Waals surface area contributed by atoms with E-state index in [1.54, 1.807) is 11.3 Å². The molecular weight excluding hydrogens is 296 g/mol. The van der Waals surface area contributed by atoms with Crippen molar-refractivity contribution in [2.24, 2.45) is 13.0 Å². The molecule has 0 spiro atoms. The number of rotatable bonds is 3. The number of hydrogen-bond donors (Lipinski definition) is 0. The maximum Gasteiger partial charge on any atom is 0.188 e. The zero-order valence-corrected chi connectivity index (χ0v) is 13.8. The average molecular weight is 316 g/mol. The summed E-state index contributed by atoms with van der Waals surface area (Å²) in [6, 6.07) is 0. The van der Waals surface area contributed by atoms with E-state index in [2.05, 4.69) is 26.5 Å². The van der Waals surface area contributed by atoms with Crippen LogP contribution in [-0.2, 0) is 13.6 Å². The molecule has 0 bridgehead atoms. The lowest BCUT2D eigenvalue weighted by Gasteiger charge is -2.32. The lowest BCUT2D eigenvalue weighted by Crippen LogP contribution is -2.36. The highest BCUT2D eigenvalue weighted by molar-refractivity contribution is 7.22. The third-order valence-electron chi connectivity index (χ3n) is 4.35. The highest BCUT2D eigenvalue weighted by Gasteiger charge is 2.23. The van der Waals surface area contributed by atoms with E-state index >= 15 is 0 Å². The fourth-order valence-corrected chi connectivity index (χ4v) is 4.36. The van der Waals surface area contributed by atoms with Crippen LogP contribution in [0.25, 0.3) is 10.3 Å². The molecular formula is C15H20N6S. The van der Waals surface area contributed by atoms with Crippen LogP contribution < -0.4 is 4.90 Å². The number of piperidine rings is 1. The van der Waals surface area contributed by atoms with Crippen molar-refractivity contribution >= 4 is 26.8 Å². The molecule has 1 aliphatic rings. The van der Waals surface area contributed by atoms with Gasteiger partial charge in [0.15, 0.2) is 10.8 Å². The summed E-state index contributed by atoms with van der Waals surface area (Å²) in [6.45, 7) is 5.28. The second-order valence-corrected chi connectivity index (χ2v) is 7.05. The molecule has 7 heteroatoms. The van der Waals surface area contributed by atoms with E-state index in [4.69, 9.17) is 4.98 Å². The standard InChI is InChI=1S/C15H20N6S/c1-11-13-14(19(2)18-11)17-15(22-13)21-6-3-4-12(9-21)8-20-7-5-16-10-20/h5,7,10,12H,3-4,6,8-9H2,1-2H3. The summed E-state index contributed by atoms with van der Waals surface area (Å²) in [6.07, 6.45) is 8.31. The van der Waals surface area contributed by atoms with Gasteiger partial charge in [0.2, 0.25) is 0 Å². The van der Waals surface area contributed by atoms with Gasteiger partial charge in [0.05, 0.1) is 16.7 Å². The Labute approximate surface area is 133 Å². The predicted octanol–water partition coefficient (Wildman–Crippen LogP) is 2.45. The lowest BCUT2D eigenvalue weighted by atomic mass is 9.98. The number of hydrogen-bond acceptors (Lipinski definition) is 5. The quantitative estimate of drug-likeness (QED) is 0.745. The number of nitrogens with zero attached hydrogens (tertiary/aromatic N) is 6. The Balaban J connectivity index is 1.54. The van der Waals surface area contributed by atoms with E-state index in [-0.39, 0.29) is 0 Å². The molecule has 1 saturated heterocycles. The normalized spacial score (nSPS) is 19.2. The first-order valence-electron chi connectivity index (χ1n) is 7.71. The smallest absolute Gasteiger partial charge is 0.188 e. The number of aromatic nitrogens is 5. The first-order chi connectivity index (χ1) is 10.7. The Hall–Kier alpha value is -1.89. The second kappa shape index (κ2) is 5.39. The minimum absolute atomic E-state index is 0.661. The van der Waals surface area contributed by atoms with Gasteiger partial charge in [-0.2, -0.15) is 5.10 Å². The first kappa shape index (κ1) is 13.8. The maximum atomic E-state index is 4.81. The Morgan fingerprint density at radius 1 is 1.41 bits per heavy atom. The van der Waals surface area contributed by atoms with Crippen molar-refractivity contribution in [2.75, 3.05) is 18.0 Å². The van der Waals surface area contributed by atoms with Crippen LogP contribution in [0.4, 0.5) is 5.13 Å². The largest absolute Gasteiger partial charge is 0.348 e. The van der Waals surface area contributed by atoms with E-state index in [1.165, 1.54) is 17.5 Å². The van der Waals surface area contributed by atoms with Crippen molar-refractivity contribution in [1.82, 2.24) is 24.3 Å². The zero-order chi connectivity index (χ0) is 15.1. The van der Waals surface area contributed by atoms with Crippen molar-refractivity contribution in [3.05, 3.63) is 24.4 Å². The van der Waals surface area contributed by atoms with E-state index < -0.39 is 0 Å². The minimum Gasteiger partial charge on any atom is -0.348 e. The molecule has 1 aliphatic heterocycles. The summed E-state index contributed by atoms with van der Waals surface area (Å²) < 4.78 is 5.28. The van der Waals surface area contributed by atoms with Crippen LogP contribution in [0.15, 0.2) is 18.7 Å². The molecule has 0 amide bonds. The first-order valence-corrected chi connectivity index (χ1v) is 8.53. The Bertz CT molecular complexity index is 737. The summed E-state index contributed by atoms with van der Waals surface area (Å²) in [5, 5.41) is 5.58. The van der Waals surface area contributed by atoms with Crippen LogP contribution in [0.3, 0.4) is 0 Å². The molecule has 1 fully saturated rings. The average Bonchev–Trinajstić information content (AvgIpc) is 3.20. The van der Waals surface area contributed by atoms with Crippen molar-refractivity contribution in [3.63, 3.8) is 0 Å². The highest BCUT2D eigenvalue weighted by Crippen LogP contribution is 2.33. The molecule has 3 aromatic rings. The predicted molar refractivity (Wildman–Crippen MR) is 88.3 cm³/mol. The van der Waals surface area contributed by atoms with Gasteiger partial charge < -0.3 is 9.47 Å². The number of imidazole rings is 1. The molecule has 4 heterocycles. The molecule has 0 aromatic carbocycles. The molecule has 116 valence electrons. The molecule has 22 heavy (non-hydrogen) atoms. The van der Waals surface area contributed by atoms with Crippen LogP contribution >= 0.6 is 11.3 Å². The Morgan fingerprint density at radius 2 is 2.32 bits per heavy atom. The molecule has 4 rings (SSSR count). The van der Waals surface area contributed by atoms with Gasteiger partial charge in [0, 0.05) is 39.1 Å². The van der Waals surface area contributed by atoms with Gasteiger partial charge in [-0.15, -0.1) is 0 Å². The van der Waals surface area contributed by atoms with Gasteiger partial charge in [0.25, 0.3) is 0 Å². The number of anilines is 1. The van der Waals surface area contributed by atoms with Gasteiger partial charge in [-0.05, 0) is 25.7 Å². The summed E-state index contributed by atoms with van der Waals surface area (Å²) in [5.74, 6) is 0.661. The third-order valence-corrected chi connectivity index (χ3v) is 5.57. The van der Waals surface area contributed by atoms with Crippen LogP contribution in [0, 0.1) is 12.8 Å². The number of thiazole rings is 1. The van der Waals surface area contributed by atoms with Gasteiger partial charge in [-0.3, -0.25) is 0 Å². The monoisotopic (exact) mass is 316 g/mol. The van der Waals surface area contributed by atoms with Gasteiger partial charge in [0.1, 0.15) is 0 Å². The summed E-state index contributed by atoms with van der Waals surface area (Å²) >= 11 is 1.77. The van der Waals surface area contributed by atoms with Crippen LogP contribution in [-0.4, -0.2) is 37.4 Å². The van der Waals surface area contributed by atoms with Gasteiger partial charge in [-0.1, -0.05) is 11.3 Å². The van der Waals surface area contributed by atoms with Gasteiger partial charge in [-0.25, -0.2) is 14.6 Å². The SMILES string of the molecule is Cc1nn(C)c2nc(N3CCCC(Cn4ccnc4)C3)sc12. The molecule has 3 aromatic heterocycles. The number of aryl methyl sites for hydroxylation is 2. The van der Waals surface area contributed by atoms with Gasteiger partial charge >= 0.3 is 0 Å². The van der Waals surface area contributed by atoms with Crippen molar-refractivity contribution in [1.29, 1.82) is 0 Å². The Morgan fingerprint density at radius 3 is 3.09 bits per heavy atom. The van der Waals surface area contributed by atoms with Crippen LogP contribution in [0.1, 0.15) is 18.5 Å². The summed E-state index contributed by atoms with van der Waals surface area (Å²) in [5.41, 5.74) is 2.09. The van der Waals surface area contributed by atoms with E-state index in [0.717, 1.165) is 36.1 Å². The fraction of sp³-hybridized carbons (Fsp3) is 0.533. The van der Waals surface area contributed by atoms with E-state index in [9.17, 15) is 0 Å². The van der Waals surface area contributed by atoms with E-state index in [1.807, 2.05) is 30.5 Å². The van der Waals surface area contributed by atoms with Crippen molar-refractivity contribution in [3.8, 4) is 0 Å². The molecule has 6 nitrogen and oxygen atoms in total. The second-order valence-electron chi connectivity index (χ2n) is 6.07. The van der Waals surface area contributed by atoms with Crippen LogP contribution in [0.2, 0.25) is 0 Å². The summed E-state index contributed by atoms with van der Waals surface area (Å²) in [4.78, 5) is 11.4. The molecule has 0 radical (unpaired) electrons. The maximum absolute atomic E-state index is 4.81. The molecule has 0 N–H and O–H groups in total. The molecule has 1 atom stereocenters. The summed E-state index contributed by atoms with van der Waals surface area (Å²) in [7, 11) is 1.97. The lowest BCUT2D eigenvalue weighted by molar-refractivity contribution is 0.366. The molecule has 0 saturated carbocycles. The zero-order valence-electron chi connectivity index (χ0n) is 12.9. The number of fused-ring (bicyclic) bond motifs is 1. The van der Waals surface area contributed by atoms with Crippen LogP contribution in [0.5, 0.6) is 0 Å². The highest BCUT2D eigenvalue weighted by atomic mass is 32.1. The van der Waals surface area contributed by atoms with E-state index in [0.29, 0.717) is 5.92 Å². The van der Waals surface area contributed by atoms with Crippen molar-refractivity contribution < 1.29 is 0 Å². The van der Waals surface area contributed by atoms with Crippen molar-refractivity contribution in [2.45, 2.75) is 26.3 Å². The minimum atomic E-state index is 0.661. The third kappa shape index (κ3) is 2.39.